The molecule has 7 nitrogen and oxygen atoms in total. The molecule has 1 aliphatic heterocycles. The van der Waals surface area contributed by atoms with Crippen molar-refractivity contribution in [3.8, 4) is 11.5 Å². The highest BCUT2D eigenvalue weighted by atomic mass is 19.1. The second-order valence-corrected chi connectivity index (χ2v) is 4.83. The van der Waals surface area contributed by atoms with E-state index in [0.717, 1.165) is 0 Å². The van der Waals surface area contributed by atoms with E-state index in [1.807, 2.05) is 0 Å². The van der Waals surface area contributed by atoms with Crippen molar-refractivity contribution >= 4 is 17.9 Å². The van der Waals surface area contributed by atoms with Crippen LogP contribution in [0.5, 0.6) is 0 Å². The molecule has 22 heavy (non-hydrogen) atoms. The highest BCUT2D eigenvalue weighted by Gasteiger charge is 2.38. The van der Waals surface area contributed by atoms with E-state index < -0.39 is 17.7 Å². The number of amides is 1. The van der Waals surface area contributed by atoms with Gasteiger partial charge in [0.2, 0.25) is 11.8 Å². The number of nitrogens with zero attached hydrogens (tertiary/aromatic N) is 3. The summed E-state index contributed by atoms with van der Waals surface area (Å²) in [4.78, 5) is 24.7. The lowest BCUT2D eigenvalue weighted by Crippen LogP contribution is -2.26. The molecule has 0 N–H and O–H groups in total. The molecule has 1 aromatic heterocycles. The fourth-order valence-corrected chi connectivity index (χ4v) is 2.28. The minimum absolute atomic E-state index is 0.0179. The smallest absolute Gasteiger partial charge is 0.325 e. The summed E-state index contributed by atoms with van der Waals surface area (Å²) in [6, 6.07) is 5.66. The summed E-state index contributed by atoms with van der Waals surface area (Å²) in [6.07, 6.45) is 0.0321. The first-order valence-electron chi connectivity index (χ1n) is 6.56. The number of hydrogen-bond donors (Lipinski definition) is 0. The molecule has 114 valence electrons. The molecule has 3 rings (SSSR count). The Labute approximate surface area is 124 Å². The Morgan fingerprint density at radius 3 is 3.00 bits per heavy atom. The number of benzene rings is 1. The van der Waals surface area contributed by atoms with Crippen molar-refractivity contribution < 1.29 is 23.1 Å². The molecule has 0 saturated carbocycles. The number of esters is 1. The topological polar surface area (TPSA) is 85.5 Å². The number of ether oxygens (including phenoxy) is 1. The molecule has 0 bridgehead atoms. The molecular formula is C14H12FN3O4. The van der Waals surface area contributed by atoms with Crippen LogP contribution < -0.4 is 4.90 Å². The summed E-state index contributed by atoms with van der Waals surface area (Å²) in [5.74, 6) is -1.64. The monoisotopic (exact) mass is 305 g/mol. The van der Waals surface area contributed by atoms with Crippen molar-refractivity contribution in [2.45, 2.75) is 6.42 Å². The average molecular weight is 305 g/mol. The van der Waals surface area contributed by atoms with Crippen LogP contribution in [0.3, 0.4) is 0 Å². The first-order chi connectivity index (χ1) is 10.6. The standard InChI is InChI=1S/C14H12FN3O4/c1-21-13(20)9-6-11(19)18(7-9)14-17-16-12(22-14)8-3-2-4-10(15)5-8/h2-5,9H,6-7H2,1H3. The van der Waals surface area contributed by atoms with Gasteiger partial charge < -0.3 is 9.15 Å². The van der Waals surface area contributed by atoms with Gasteiger partial charge >= 0.3 is 12.0 Å². The number of rotatable bonds is 3. The van der Waals surface area contributed by atoms with Crippen LogP contribution in [-0.2, 0) is 14.3 Å². The Bertz CT molecular complexity index is 730. The lowest BCUT2D eigenvalue weighted by molar-refractivity contribution is -0.145. The Hall–Kier alpha value is -2.77. The zero-order chi connectivity index (χ0) is 15.7. The number of halogens is 1. The largest absolute Gasteiger partial charge is 0.469 e. The molecule has 1 atom stereocenters. The van der Waals surface area contributed by atoms with Gasteiger partial charge in [0.05, 0.1) is 13.0 Å². The van der Waals surface area contributed by atoms with Crippen LogP contribution in [0.2, 0.25) is 0 Å². The van der Waals surface area contributed by atoms with Gasteiger partial charge in [-0.25, -0.2) is 4.39 Å². The number of carbonyl (C=O) groups is 2. The number of aromatic nitrogens is 2. The van der Waals surface area contributed by atoms with Gasteiger partial charge in [-0.2, -0.15) is 0 Å². The molecule has 0 spiro atoms. The van der Waals surface area contributed by atoms with Gasteiger partial charge in [0.25, 0.3) is 0 Å². The quantitative estimate of drug-likeness (QED) is 0.797. The molecule has 1 amide bonds. The second kappa shape index (κ2) is 5.55. The van der Waals surface area contributed by atoms with E-state index in [4.69, 9.17) is 4.42 Å². The van der Waals surface area contributed by atoms with Gasteiger partial charge in [-0.15, -0.1) is 5.10 Å². The molecule has 1 saturated heterocycles. The maximum absolute atomic E-state index is 13.2. The van der Waals surface area contributed by atoms with Crippen LogP contribution >= 0.6 is 0 Å². The predicted molar refractivity (Wildman–Crippen MR) is 72.2 cm³/mol. The average Bonchev–Trinajstić information content (AvgIpc) is 3.13. The van der Waals surface area contributed by atoms with Crippen molar-refractivity contribution in [1.29, 1.82) is 0 Å². The van der Waals surface area contributed by atoms with Crippen molar-refractivity contribution in [2.75, 3.05) is 18.6 Å². The van der Waals surface area contributed by atoms with E-state index in [0.29, 0.717) is 5.56 Å². The maximum Gasteiger partial charge on any atom is 0.325 e. The number of anilines is 1. The summed E-state index contributed by atoms with van der Waals surface area (Å²) in [7, 11) is 1.27. The molecule has 0 radical (unpaired) electrons. The Morgan fingerprint density at radius 1 is 1.45 bits per heavy atom. The van der Waals surface area contributed by atoms with Crippen molar-refractivity contribution in [3.05, 3.63) is 30.1 Å². The van der Waals surface area contributed by atoms with Crippen molar-refractivity contribution in [3.63, 3.8) is 0 Å². The van der Waals surface area contributed by atoms with E-state index in [2.05, 4.69) is 14.9 Å². The normalized spacial score (nSPS) is 17.8. The highest BCUT2D eigenvalue weighted by molar-refractivity contribution is 5.97. The van der Waals surface area contributed by atoms with Gasteiger partial charge in [-0.3, -0.25) is 14.5 Å². The summed E-state index contributed by atoms with van der Waals surface area (Å²) in [5, 5.41) is 7.59. The lowest BCUT2D eigenvalue weighted by atomic mass is 10.1. The van der Waals surface area contributed by atoms with Gasteiger partial charge in [0, 0.05) is 18.5 Å². The minimum atomic E-state index is -0.554. The van der Waals surface area contributed by atoms with E-state index >= 15 is 0 Å². The van der Waals surface area contributed by atoms with Crippen LogP contribution in [-0.4, -0.2) is 35.7 Å². The van der Waals surface area contributed by atoms with Crippen LogP contribution in [0.25, 0.3) is 11.5 Å². The number of hydrogen-bond acceptors (Lipinski definition) is 6. The fraction of sp³-hybridized carbons (Fsp3) is 0.286. The molecule has 1 aromatic carbocycles. The van der Waals surface area contributed by atoms with Crippen LogP contribution in [0, 0.1) is 11.7 Å². The van der Waals surface area contributed by atoms with E-state index in [9.17, 15) is 14.0 Å². The van der Waals surface area contributed by atoms with E-state index in [-0.39, 0.29) is 30.8 Å². The molecule has 1 aliphatic rings. The van der Waals surface area contributed by atoms with Crippen LogP contribution in [0.4, 0.5) is 10.4 Å². The zero-order valence-electron chi connectivity index (χ0n) is 11.7. The van der Waals surface area contributed by atoms with E-state index in [1.54, 1.807) is 6.07 Å². The van der Waals surface area contributed by atoms with Gasteiger partial charge in [-0.05, 0) is 18.2 Å². The summed E-state index contributed by atoms with van der Waals surface area (Å²) >= 11 is 0. The zero-order valence-corrected chi connectivity index (χ0v) is 11.7. The molecule has 0 aliphatic carbocycles. The third-order valence-corrected chi connectivity index (χ3v) is 3.38. The molecule has 2 heterocycles. The number of carbonyl (C=O) groups excluding carboxylic acids is 2. The maximum atomic E-state index is 13.2. The number of methoxy groups -OCH3 is 1. The summed E-state index contributed by atoms with van der Waals surface area (Å²) in [5.41, 5.74) is 0.412. The molecule has 8 heteroatoms. The Morgan fingerprint density at radius 2 is 2.27 bits per heavy atom. The Kier molecular flexibility index (Phi) is 3.58. The molecule has 1 unspecified atom stereocenters. The third kappa shape index (κ3) is 2.54. The summed E-state index contributed by atoms with van der Waals surface area (Å²) < 4.78 is 23.2. The van der Waals surface area contributed by atoms with Gasteiger partial charge in [-0.1, -0.05) is 11.2 Å². The summed E-state index contributed by atoms with van der Waals surface area (Å²) in [6.45, 7) is 0.121. The molecule has 1 fully saturated rings. The third-order valence-electron chi connectivity index (χ3n) is 3.38. The van der Waals surface area contributed by atoms with Gasteiger partial charge in [0.1, 0.15) is 5.82 Å². The van der Waals surface area contributed by atoms with E-state index in [1.165, 1.54) is 30.2 Å². The van der Waals surface area contributed by atoms with Gasteiger partial charge in [0.15, 0.2) is 0 Å². The minimum Gasteiger partial charge on any atom is -0.469 e. The first kappa shape index (κ1) is 14.2. The van der Waals surface area contributed by atoms with Crippen LogP contribution in [0.1, 0.15) is 6.42 Å². The van der Waals surface area contributed by atoms with Crippen LogP contribution in [0.15, 0.2) is 28.7 Å². The highest BCUT2D eigenvalue weighted by Crippen LogP contribution is 2.27. The lowest BCUT2D eigenvalue weighted by Gasteiger charge is -2.09. The molecule has 2 aromatic rings. The second-order valence-electron chi connectivity index (χ2n) is 4.83. The fourth-order valence-electron chi connectivity index (χ4n) is 2.28. The molecular weight excluding hydrogens is 293 g/mol. The SMILES string of the molecule is COC(=O)C1CC(=O)N(c2nnc(-c3cccc(F)c3)o2)C1. The first-order valence-corrected chi connectivity index (χ1v) is 6.56. The van der Waals surface area contributed by atoms with Crippen molar-refractivity contribution in [1.82, 2.24) is 10.2 Å². The predicted octanol–water partition coefficient (Wildman–Crippen LogP) is 1.40. The Balaban J connectivity index is 1.82. The van der Waals surface area contributed by atoms with Crippen molar-refractivity contribution in [2.24, 2.45) is 5.92 Å².